The number of benzene rings is 2. The second-order valence-electron chi connectivity index (χ2n) is 8.47. The largest absolute Gasteiger partial charge is 0.493 e. The molecule has 168 valence electrons. The van der Waals surface area contributed by atoms with E-state index in [-0.39, 0.29) is 10.9 Å². The van der Waals surface area contributed by atoms with Gasteiger partial charge in [-0.15, -0.1) is 0 Å². The molecule has 2 saturated heterocycles. The lowest BCUT2D eigenvalue weighted by molar-refractivity contribution is 0.125. The number of methoxy groups -OCH3 is 2. The van der Waals surface area contributed by atoms with Crippen LogP contribution in [0.1, 0.15) is 31.2 Å². The van der Waals surface area contributed by atoms with Crippen LogP contribution >= 0.6 is 0 Å². The zero-order valence-corrected chi connectivity index (χ0v) is 19.2. The zero-order valence-electron chi connectivity index (χ0n) is 18.4. The van der Waals surface area contributed by atoms with Crippen molar-refractivity contribution in [3.8, 4) is 11.5 Å². The minimum atomic E-state index is -3.59. The molecule has 2 aromatic carbocycles. The van der Waals surface area contributed by atoms with Crippen molar-refractivity contribution < 1.29 is 17.9 Å². The van der Waals surface area contributed by atoms with Gasteiger partial charge in [0, 0.05) is 31.7 Å². The molecule has 2 aromatic rings. The van der Waals surface area contributed by atoms with E-state index in [0.29, 0.717) is 24.0 Å². The number of ether oxygens (including phenoxy) is 2. The van der Waals surface area contributed by atoms with Crippen LogP contribution in [0.15, 0.2) is 53.4 Å². The van der Waals surface area contributed by atoms with Gasteiger partial charge in [0.25, 0.3) is 0 Å². The number of likely N-dealkylation sites (tertiary alicyclic amines) is 1. The molecule has 2 atom stereocenters. The SMILES string of the molecule is COc1ccc(S(=O)(=O)N2CCCC2C2CCCN(Cc3ccccc3)C2)cc1OC. The van der Waals surface area contributed by atoms with E-state index in [0.717, 1.165) is 45.3 Å². The lowest BCUT2D eigenvalue weighted by Crippen LogP contribution is -2.46. The predicted octanol–water partition coefficient (Wildman–Crippen LogP) is 3.77. The van der Waals surface area contributed by atoms with E-state index in [1.54, 1.807) is 29.6 Å². The van der Waals surface area contributed by atoms with Crippen molar-refractivity contribution in [3.63, 3.8) is 0 Å². The summed E-state index contributed by atoms with van der Waals surface area (Å²) in [6.07, 6.45) is 4.02. The standard InChI is InChI=1S/C24H32N2O4S/c1-29-23-13-12-21(16-24(23)30-2)31(27,28)26-15-7-11-22(26)20-10-6-14-25(18-20)17-19-8-4-3-5-9-19/h3-5,8-9,12-13,16,20,22H,6-7,10-11,14-15,17-18H2,1-2H3. The molecular weight excluding hydrogens is 412 g/mol. The number of hydrogen-bond acceptors (Lipinski definition) is 5. The van der Waals surface area contributed by atoms with Gasteiger partial charge in [0.2, 0.25) is 10.0 Å². The van der Waals surface area contributed by atoms with E-state index in [9.17, 15) is 8.42 Å². The van der Waals surface area contributed by atoms with E-state index in [2.05, 4.69) is 29.2 Å². The molecule has 0 spiro atoms. The monoisotopic (exact) mass is 444 g/mol. The minimum absolute atomic E-state index is 0.0525. The molecule has 2 aliphatic rings. The summed E-state index contributed by atoms with van der Waals surface area (Å²) in [5.41, 5.74) is 1.31. The van der Waals surface area contributed by atoms with Crippen molar-refractivity contribution in [1.29, 1.82) is 0 Å². The average Bonchev–Trinajstić information content (AvgIpc) is 3.30. The Morgan fingerprint density at radius 2 is 1.68 bits per heavy atom. The summed E-state index contributed by atoms with van der Waals surface area (Å²) in [5, 5.41) is 0. The predicted molar refractivity (Wildman–Crippen MR) is 121 cm³/mol. The first-order valence-corrected chi connectivity index (χ1v) is 12.5. The maximum Gasteiger partial charge on any atom is 0.243 e. The first-order valence-electron chi connectivity index (χ1n) is 11.0. The van der Waals surface area contributed by atoms with Crippen LogP contribution in [0.5, 0.6) is 11.5 Å². The van der Waals surface area contributed by atoms with Crippen LogP contribution in [-0.4, -0.2) is 57.5 Å². The summed E-state index contributed by atoms with van der Waals surface area (Å²) in [7, 11) is -0.519. The maximum absolute atomic E-state index is 13.5. The van der Waals surface area contributed by atoms with Gasteiger partial charge in [0.1, 0.15) is 0 Å². The minimum Gasteiger partial charge on any atom is -0.493 e. The van der Waals surface area contributed by atoms with E-state index >= 15 is 0 Å². The topological polar surface area (TPSA) is 59.1 Å². The molecule has 0 bridgehead atoms. The molecule has 31 heavy (non-hydrogen) atoms. The third-order valence-electron chi connectivity index (χ3n) is 6.55. The van der Waals surface area contributed by atoms with Crippen molar-refractivity contribution in [3.05, 3.63) is 54.1 Å². The molecule has 0 radical (unpaired) electrons. The van der Waals surface area contributed by atoms with E-state index in [1.807, 2.05) is 6.07 Å². The Bertz CT molecular complexity index is 980. The molecule has 0 aromatic heterocycles. The molecule has 2 unspecified atom stereocenters. The van der Waals surface area contributed by atoms with Gasteiger partial charge < -0.3 is 9.47 Å². The molecule has 2 aliphatic heterocycles. The normalized spacial score (nSPS) is 23.0. The third-order valence-corrected chi connectivity index (χ3v) is 8.47. The van der Waals surface area contributed by atoms with Gasteiger partial charge in [-0.05, 0) is 55.8 Å². The lowest BCUT2D eigenvalue weighted by Gasteiger charge is -2.38. The number of nitrogens with zero attached hydrogens (tertiary/aromatic N) is 2. The fraction of sp³-hybridized carbons (Fsp3) is 0.500. The van der Waals surface area contributed by atoms with Gasteiger partial charge in [0.05, 0.1) is 19.1 Å². The van der Waals surface area contributed by atoms with Crippen molar-refractivity contribution in [2.24, 2.45) is 5.92 Å². The highest BCUT2D eigenvalue weighted by molar-refractivity contribution is 7.89. The van der Waals surface area contributed by atoms with Crippen LogP contribution in [0.4, 0.5) is 0 Å². The van der Waals surface area contributed by atoms with Crippen LogP contribution in [0, 0.1) is 5.92 Å². The van der Waals surface area contributed by atoms with Gasteiger partial charge in [-0.2, -0.15) is 4.31 Å². The van der Waals surface area contributed by atoms with E-state index < -0.39 is 10.0 Å². The highest BCUT2D eigenvalue weighted by atomic mass is 32.2. The second kappa shape index (κ2) is 9.59. The fourth-order valence-electron chi connectivity index (χ4n) is 5.04. The van der Waals surface area contributed by atoms with Gasteiger partial charge in [0.15, 0.2) is 11.5 Å². The Hall–Kier alpha value is -2.09. The molecular formula is C24H32N2O4S. The van der Waals surface area contributed by atoms with Gasteiger partial charge in [-0.25, -0.2) is 8.42 Å². The number of sulfonamides is 1. The van der Waals surface area contributed by atoms with Crippen molar-refractivity contribution in [2.75, 3.05) is 33.9 Å². The van der Waals surface area contributed by atoms with Crippen LogP contribution in [-0.2, 0) is 16.6 Å². The molecule has 2 fully saturated rings. The van der Waals surface area contributed by atoms with E-state index in [4.69, 9.17) is 9.47 Å². The zero-order chi connectivity index (χ0) is 21.8. The van der Waals surface area contributed by atoms with Crippen LogP contribution in [0.2, 0.25) is 0 Å². The highest BCUT2D eigenvalue weighted by Crippen LogP contribution is 2.37. The molecule has 0 aliphatic carbocycles. The number of rotatable bonds is 7. The summed E-state index contributed by atoms with van der Waals surface area (Å²) in [6, 6.07) is 15.4. The first kappa shape index (κ1) is 22.1. The Morgan fingerprint density at radius 3 is 2.42 bits per heavy atom. The quantitative estimate of drug-likeness (QED) is 0.651. The maximum atomic E-state index is 13.5. The molecule has 0 amide bonds. The Labute approximate surface area is 185 Å². The smallest absolute Gasteiger partial charge is 0.243 e. The molecule has 7 heteroatoms. The molecule has 6 nitrogen and oxygen atoms in total. The molecule has 0 saturated carbocycles. The first-order chi connectivity index (χ1) is 15.0. The molecule has 0 N–H and O–H groups in total. The highest BCUT2D eigenvalue weighted by Gasteiger charge is 2.41. The third kappa shape index (κ3) is 4.73. The van der Waals surface area contributed by atoms with Crippen LogP contribution in [0.3, 0.4) is 0 Å². The Kier molecular flexibility index (Phi) is 6.84. The Morgan fingerprint density at radius 1 is 0.935 bits per heavy atom. The summed E-state index contributed by atoms with van der Waals surface area (Å²) in [6.45, 7) is 3.51. The van der Waals surface area contributed by atoms with Crippen molar-refractivity contribution in [2.45, 2.75) is 43.2 Å². The van der Waals surface area contributed by atoms with Crippen LogP contribution in [0.25, 0.3) is 0 Å². The fourth-order valence-corrected chi connectivity index (χ4v) is 6.81. The summed E-state index contributed by atoms with van der Waals surface area (Å²) in [5.74, 6) is 1.32. The molecule has 4 rings (SSSR count). The summed E-state index contributed by atoms with van der Waals surface area (Å²) < 4.78 is 39.4. The number of hydrogen-bond donors (Lipinski definition) is 0. The average molecular weight is 445 g/mol. The van der Waals surface area contributed by atoms with Gasteiger partial charge in [-0.3, -0.25) is 4.90 Å². The van der Waals surface area contributed by atoms with Crippen LogP contribution < -0.4 is 9.47 Å². The second-order valence-corrected chi connectivity index (χ2v) is 10.4. The lowest BCUT2D eigenvalue weighted by atomic mass is 9.89. The van der Waals surface area contributed by atoms with Crippen molar-refractivity contribution >= 4 is 10.0 Å². The van der Waals surface area contributed by atoms with Gasteiger partial charge in [-0.1, -0.05) is 30.3 Å². The summed E-state index contributed by atoms with van der Waals surface area (Å²) >= 11 is 0. The van der Waals surface area contributed by atoms with E-state index in [1.165, 1.54) is 12.7 Å². The molecule has 2 heterocycles. The van der Waals surface area contributed by atoms with Gasteiger partial charge >= 0.3 is 0 Å². The summed E-state index contributed by atoms with van der Waals surface area (Å²) in [4.78, 5) is 2.75. The van der Waals surface area contributed by atoms with Crippen molar-refractivity contribution in [1.82, 2.24) is 9.21 Å². The Balaban J connectivity index is 1.51. The number of piperidine rings is 1.